The summed E-state index contributed by atoms with van der Waals surface area (Å²) in [6, 6.07) is 3.94. The van der Waals surface area contributed by atoms with Gasteiger partial charge in [0.05, 0.1) is 28.0 Å². The minimum atomic E-state index is -1.12. The Hall–Kier alpha value is -3.60. The second-order valence-corrected chi connectivity index (χ2v) is 8.24. The number of nitrogens with one attached hydrogen (secondary N) is 1. The fraction of sp³-hybridized carbons (Fsp3) is 0.333. The highest BCUT2D eigenvalue weighted by Gasteiger charge is 2.42. The molecule has 3 aromatic heterocycles. The van der Waals surface area contributed by atoms with Gasteiger partial charge in [-0.2, -0.15) is 4.98 Å². The summed E-state index contributed by atoms with van der Waals surface area (Å²) in [5.41, 5.74) is 6.48. The van der Waals surface area contributed by atoms with E-state index in [2.05, 4.69) is 25.4 Å². The first-order valence-electron chi connectivity index (χ1n) is 10.4. The van der Waals surface area contributed by atoms with Crippen LogP contribution in [-0.2, 0) is 0 Å². The van der Waals surface area contributed by atoms with E-state index >= 15 is 0 Å². The number of nitrogens with zero attached hydrogens (tertiary/aromatic N) is 6. The minimum absolute atomic E-state index is 0.146. The van der Waals surface area contributed by atoms with E-state index in [0.29, 0.717) is 35.0 Å². The van der Waals surface area contributed by atoms with Crippen LogP contribution in [0.5, 0.6) is 0 Å². The quantitative estimate of drug-likeness (QED) is 0.432. The van der Waals surface area contributed by atoms with Crippen LogP contribution in [0.25, 0.3) is 22.4 Å². The van der Waals surface area contributed by atoms with E-state index in [4.69, 9.17) is 26.8 Å². The molecule has 170 valence electrons. The number of hydrogen-bond acceptors (Lipinski definition) is 9. The number of hydrogen-bond donors (Lipinski definition) is 2. The Balaban J connectivity index is 1.65. The highest BCUT2D eigenvalue weighted by molar-refractivity contribution is 6.35. The summed E-state index contributed by atoms with van der Waals surface area (Å²) in [6.45, 7) is 3.60. The maximum absolute atomic E-state index is 14.2. The molecule has 0 saturated heterocycles. The summed E-state index contributed by atoms with van der Waals surface area (Å²) >= 11 is 6.28. The van der Waals surface area contributed by atoms with Crippen molar-refractivity contribution in [2.45, 2.75) is 44.9 Å². The SMILES string of the molecule is CCC(Nc1ncnc(N)c1-c1nc(C)no1)c1nc2cccc(Cl)c2c(=O)n1[C@H]1C[C@@H]1F. The first-order chi connectivity index (χ1) is 15.9. The van der Waals surface area contributed by atoms with E-state index in [1.54, 1.807) is 25.1 Å². The molecule has 0 aliphatic heterocycles. The van der Waals surface area contributed by atoms with Crippen LogP contribution in [0.1, 0.15) is 43.5 Å². The number of alkyl halides is 1. The molecule has 1 aliphatic carbocycles. The van der Waals surface area contributed by atoms with Crippen molar-refractivity contribution in [2.75, 3.05) is 11.1 Å². The smallest absolute Gasteiger partial charge is 0.265 e. The molecule has 1 aliphatic rings. The summed E-state index contributed by atoms with van der Waals surface area (Å²) in [7, 11) is 0. The number of fused-ring (bicyclic) bond motifs is 1. The van der Waals surface area contributed by atoms with Crippen LogP contribution in [0, 0.1) is 6.92 Å². The molecule has 1 saturated carbocycles. The predicted octanol–water partition coefficient (Wildman–Crippen LogP) is 3.63. The standard InChI is InChI=1S/C21H20ClFN8O2/c1-3-12(28-18-16(17(24)25-8-26-18)20-27-9(2)30-33-20)19-29-13-6-4-5-10(22)15(13)21(32)31(19)14-7-11(14)23/h4-6,8,11-12,14H,3,7H2,1-2H3,(H3,24,25,26,28)/t11-,12?,14-/m0/s1. The lowest BCUT2D eigenvalue weighted by molar-refractivity contribution is 0.425. The molecule has 10 nitrogen and oxygen atoms in total. The number of nitrogen functional groups attached to an aromatic ring is 1. The third kappa shape index (κ3) is 3.67. The van der Waals surface area contributed by atoms with Crippen molar-refractivity contribution < 1.29 is 8.91 Å². The lowest BCUT2D eigenvalue weighted by Gasteiger charge is -2.23. The zero-order valence-electron chi connectivity index (χ0n) is 17.8. The molecule has 0 spiro atoms. The number of benzene rings is 1. The molecule has 0 radical (unpaired) electrons. The van der Waals surface area contributed by atoms with Gasteiger partial charge in [0.1, 0.15) is 35.5 Å². The molecule has 0 amide bonds. The number of halogens is 2. The summed E-state index contributed by atoms with van der Waals surface area (Å²) in [5.74, 6) is 1.44. The van der Waals surface area contributed by atoms with Gasteiger partial charge in [-0.15, -0.1) is 0 Å². The fourth-order valence-corrected chi connectivity index (χ4v) is 4.09. The highest BCUT2D eigenvalue weighted by atomic mass is 35.5. The van der Waals surface area contributed by atoms with Crippen LogP contribution in [0.4, 0.5) is 16.0 Å². The van der Waals surface area contributed by atoms with Gasteiger partial charge in [0.15, 0.2) is 5.82 Å². The average Bonchev–Trinajstić information content (AvgIpc) is 3.34. The monoisotopic (exact) mass is 470 g/mol. The molecule has 12 heteroatoms. The van der Waals surface area contributed by atoms with E-state index in [1.165, 1.54) is 10.9 Å². The summed E-state index contributed by atoms with van der Waals surface area (Å²) in [4.78, 5) is 30.6. The normalized spacial score (nSPS) is 18.4. The first kappa shape index (κ1) is 21.3. The van der Waals surface area contributed by atoms with Gasteiger partial charge >= 0.3 is 0 Å². The van der Waals surface area contributed by atoms with Crippen LogP contribution in [-0.4, -0.2) is 35.8 Å². The third-order valence-corrected chi connectivity index (χ3v) is 5.88. The number of rotatable bonds is 6. The summed E-state index contributed by atoms with van der Waals surface area (Å²) < 4.78 is 20.8. The average molecular weight is 471 g/mol. The van der Waals surface area contributed by atoms with Crippen molar-refractivity contribution in [3.63, 3.8) is 0 Å². The van der Waals surface area contributed by atoms with Gasteiger partial charge < -0.3 is 15.6 Å². The van der Waals surface area contributed by atoms with Gasteiger partial charge in [-0.1, -0.05) is 29.7 Å². The van der Waals surface area contributed by atoms with Crippen LogP contribution >= 0.6 is 11.6 Å². The van der Waals surface area contributed by atoms with E-state index in [1.807, 2.05) is 6.92 Å². The van der Waals surface area contributed by atoms with Gasteiger partial charge in [-0.05, 0) is 25.5 Å². The van der Waals surface area contributed by atoms with Crippen molar-refractivity contribution in [3.05, 3.63) is 51.6 Å². The van der Waals surface area contributed by atoms with Gasteiger partial charge in [0.25, 0.3) is 11.4 Å². The number of aryl methyl sites for hydroxylation is 1. The van der Waals surface area contributed by atoms with Crippen molar-refractivity contribution in [3.8, 4) is 11.5 Å². The second kappa shape index (κ2) is 8.07. The Bertz CT molecular complexity index is 1420. The van der Waals surface area contributed by atoms with Crippen LogP contribution in [0.3, 0.4) is 0 Å². The molecule has 3 heterocycles. The van der Waals surface area contributed by atoms with E-state index < -0.39 is 18.3 Å². The van der Waals surface area contributed by atoms with Crippen LogP contribution in [0.15, 0.2) is 33.8 Å². The van der Waals surface area contributed by atoms with Crippen molar-refractivity contribution in [1.29, 1.82) is 0 Å². The van der Waals surface area contributed by atoms with Crippen molar-refractivity contribution in [1.82, 2.24) is 29.7 Å². The lowest BCUT2D eigenvalue weighted by atomic mass is 10.1. The molecule has 4 aromatic rings. The fourth-order valence-electron chi connectivity index (χ4n) is 3.84. The highest BCUT2D eigenvalue weighted by Crippen LogP contribution is 2.41. The van der Waals surface area contributed by atoms with Gasteiger partial charge in [-0.25, -0.2) is 19.3 Å². The molecular weight excluding hydrogens is 451 g/mol. The zero-order valence-corrected chi connectivity index (χ0v) is 18.5. The predicted molar refractivity (Wildman–Crippen MR) is 121 cm³/mol. The third-order valence-electron chi connectivity index (χ3n) is 5.57. The van der Waals surface area contributed by atoms with Crippen molar-refractivity contribution >= 4 is 34.1 Å². The van der Waals surface area contributed by atoms with Gasteiger partial charge in [0, 0.05) is 6.42 Å². The minimum Gasteiger partial charge on any atom is -0.383 e. The van der Waals surface area contributed by atoms with Gasteiger partial charge in [0.2, 0.25) is 0 Å². The van der Waals surface area contributed by atoms with E-state index in [9.17, 15) is 9.18 Å². The Morgan fingerprint density at radius 1 is 1.36 bits per heavy atom. The molecule has 3 atom stereocenters. The molecular formula is C21H20ClFN8O2. The Morgan fingerprint density at radius 3 is 2.82 bits per heavy atom. The first-order valence-corrected chi connectivity index (χ1v) is 10.8. The maximum atomic E-state index is 14.2. The molecule has 5 rings (SSSR count). The Kier molecular flexibility index (Phi) is 5.20. The topological polar surface area (TPSA) is 138 Å². The number of aromatic nitrogens is 6. The van der Waals surface area contributed by atoms with E-state index in [-0.39, 0.29) is 34.1 Å². The lowest BCUT2D eigenvalue weighted by Crippen LogP contribution is -2.29. The Morgan fingerprint density at radius 2 is 2.15 bits per heavy atom. The second-order valence-electron chi connectivity index (χ2n) is 7.83. The molecule has 33 heavy (non-hydrogen) atoms. The molecule has 1 aromatic carbocycles. The zero-order chi connectivity index (χ0) is 23.3. The van der Waals surface area contributed by atoms with Crippen molar-refractivity contribution in [2.24, 2.45) is 0 Å². The number of nitrogens with two attached hydrogens (primary N) is 1. The van der Waals surface area contributed by atoms with Gasteiger partial charge in [-0.3, -0.25) is 9.36 Å². The maximum Gasteiger partial charge on any atom is 0.265 e. The molecule has 0 bridgehead atoms. The van der Waals surface area contributed by atoms with E-state index in [0.717, 1.165) is 0 Å². The van der Waals surface area contributed by atoms with Crippen LogP contribution in [0.2, 0.25) is 5.02 Å². The largest absolute Gasteiger partial charge is 0.383 e. The summed E-state index contributed by atoms with van der Waals surface area (Å²) in [6.07, 6.45) is 0.936. The molecule has 3 N–H and O–H groups in total. The Labute approximate surface area is 192 Å². The summed E-state index contributed by atoms with van der Waals surface area (Å²) in [5, 5.41) is 7.62. The molecule has 1 fully saturated rings. The van der Waals surface area contributed by atoms with Crippen LogP contribution < -0.4 is 16.6 Å². The number of anilines is 2. The molecule has 1 unspecified atom stereocenters.